The number of hydrogen-bond donors (Lipinski definition) is 1. The van der Waals surface area contributed by atoms with Gasteiger partial charge in [-0.1, -0.05) is 59.1 Å². The molecule has 3 heterocycles. The molecule has 210 valence electrons. The summed E-state index contributed by atoms with van der Waals surface area (Å²) in [4.78, 5) is 20.1. The summed E-state index contributed by atoms with van der Waals surface area (Å²) in [6.07, 6.45) is 6.50. The number of anilines is 2. The summed E-state index contributed by atoms with van der Waals surface area (Å²) in [6.45, 7) is 7.19. The molecule has 0 bridgehead atoms. The molecule has 40 heavy (non-hydrogen) atoms. The molecule has 0 saturated carbocycles. The largest absolute Gasteiger partial charge is 0.333 e. The van der Waals surface area contributed by atoms with Crippen molar-refractivity contribution in [3.63, 3.8) is 0 Å². The van der Waals surface area contributed by atoms with Gasteiger partial charge in [-0.3, -0.25) is 9.80 Å². The number of halogens is 3. The first-order chi connectivity index (χ1) is 19.5. The molecule has 0 aliphatic carbocycles. The molecule has 8 heteroatoms. The molecule has 2 amide bonds. The molecule has 3 aliphatic rings. The van der Waals surface area contributed by atoms with Crippen molar-refractivity contribution in [1.29, 1.82) is 0 Å². The fourth-order valence-corrected chi connectivity index (χ4v) is 7.26. The lowest BCUT2D eigenvalue weighted by Gasteiger charge is -2.35. The van der Waals surface area contributed by atoms with Crippen LogP contribution in [0.2, 0.25) is 15.1 Å². The highest BCUT2D eigenvalue weighted by molar-refractivity contribution is 6.40. The van der Waals surface area contributed by atoms with E-state index >= 15 is 0 Å². The van der Waals surface area contributed by atoms with Crippen molar-refractivity contribution in [1.82, 2.24) is 15.1 Å². The Morgan fingerprint density at radius 1 is 0.800 bits per heavy atom. The van der Waals surface area contributed by atoms with Gasteiger partial charge in [0.1, 0.15) is 0 Å². The fourth-order valence-electron chi connectivity index (χ4n) is 6.45. The SMILES string of the molecule is O=C1NCc2c(-c3ccccc3Cl)cc(CN3CCC(CCN4CCCC4)CC3)cc2N1c1c(Cl)cccc1Cl. The number of carbonyl (C=O) groups excluding carboxylic acids is 1. The molecule has 0 atom stereocenters. The normalized spacial score (nSPS) is 18.7. The second-order valence-corrected chi connectivity index (χ2v) is 12.5. The molecule has 0 aromatic heterocycles. The van der Waals surface area contributed by atoms with Gasteiger partial charge < -0.3 is 10.2 Å². The number of likely N-dealkylation sites (tertiary alicyclic amines) is 2. The molecule has 3 aliphatic heterocycles. The van der Waals surface area contributed by atoms with E-state index in [0.717, 1.165) is 53.5 Å². The molecule has 0 spiro atoms. The van der Waals surface area contributed by atoms with Gasteiger partial charge in [-0.2, -0.15) is 0 Å². The smallest absolute Gasteiger partial charge is 0.326 e. The van der Waals surface area contributed by atoms with Crippen molar-refractivity contribution >= 4 is 52.2 Å². The number of fused-ring (bicyclic) bond motifs is 1. The van der Waals surface area contributed by atoms with Crippen LogP contribution in [0.1, 0.15) is 43.2 Å². The predicted octanol–water partition coefficient (Wildman–Crippen LogP) is 8.37. The Bertz CT molecular complexity index is 1360. The van der Waals surface area contributed by atoms with Crippen LogP contribution in [0.5, 0.6) is 0 Å². The molecule has 3 aromatic rings. The second kappa shape index (κ2) is 12.3. The van der Waals surface area contributed by atoms with Gasteiger partial charge in [0.25, 0.3) is 0 Å². The van der Waals surface area contributed by atoms with E-state index < -0.39 is 0 Å². The van der Waals surface area contributed by atoms with E-state index in [1.54, 1.807) is 23.1 Å². The van der Waals surface area contributed by atoms with E-state index in [2.05, 4.69) is 27.2 Å². The van der Waals surface area contributed by atoms with Crippen molar-refractivity contribution in [2.45, 2.75) is 45.2 Å². The summed E-state index contributed by atoms with van der Waals surface area (Å²) < 4.78 is 0. The highest BCUT2D eigenvalue weighted by atomic mass is 35.5. The van der Waals surface area contributed by atoms with Gasteiger partial charge in [0, 0.05) is 29.2 Å². The highest BCUT2D eigenvalue weighted by Crippen LogP contribution is 2.45. The standard InChI is InChI=1S/C32H35Cl3N4O/c33-27-7-2-1-6-24(27)25-18-23(21-38-16-11-22(12-17-38)10-15-37-13-3-4-14-37)19-30-26(25)20-36-32(40)39(30)31-28(34)8-5-9-29(31)35/h1-2,5-9,18-19,22H,3-4,10-17,20-21H2,(H,36,40). The minimum atomic E-state index is -0.247. The van der Waals surface area contributed by atoms with Gasteiger partial charge in [-0.25, -0.2) is 4.79 Å². The summed E-state index contributed by atoms with van der Waals surface area (Å²) in [5.74, 6) is 0.806. The average Bonchev–Trinajstić information content (AvgIpc) is 3.47. The molecule has 3 aromatic carbocycles. The lowest BCUT2D eigenvalue weighted by Crippen LogP contribution is -2.42. The molecule has 2 saturated heterocycles. The molecule has 0 unspecified atom stereocenters. The number of benzene rings is 3. The number of piperidine rings is 1. The van der Waals surface area contributed by atoms with Crippen molar-refractivity contribution < 1.29 is 4.79 Å². The molecule has 1 N–H and O–H groups in total. The summed E-state index contributed by atoms with van der Waals surface area (Å²) in [6, 6.07) is 17.3. The Morgan fingerprint density at radius 2 is 1.50 bits per heavy atom. The number of amides is 2. The van der Waals surface area contributed by atoms with Crippen LogP contribution in [0.4, 0.5) is 16.2 Å². The Kier molecular flexibility index (Phi) is 8.57. The summed E-state index contributed by atoms with van der Waals surface area (Å²) in [7, 11) is 0. The number of carbonyl (C=O) groups is 1. The third kappa shape index (κ3) is 5.86. The molecular formula is C32H35Cl3N4O. The van der Waals surface area contributed by atoms with E-state index in [0.29, 0.717) is 27.3 Å². The van der Waals surface area contributed by atoms with Crippen LogP contribution < -0.4 is 10.2 Å². The van der Waals surface area contributed by atoms with Gasteiger partial charge in [-0.15, -0.1) is 0 Å². The van der Waals surface area contributed by atoms with Gasteiger partial charge in [0.2, 0.25) is 0 Å². The summed E-state index contributed by atoms with van der Waals surface area (Å²) in [5.41, 5.74) is 5.40. The zero-order valence-electron chi connectivity index (χ0n) is 22.6. The zero-order valence-corrected chi connectivity index (χ0v) is 24.9. The first kappa shape index (κ1) is 27.9. The van der Waals surface area contributed by atoms with E-state index in [1.165, 1.54) is 51.7 Å². The van der Waals surface area contributed by atoms with E-state index in [-0.39, 0.29) is 6.03 Å². The summed E-state index contributed by atoms with van der Waals surface area (Å²) in [5, 5.41) is 4.56. The second-order valence-electron chi connectivity index (χ2n) is 11.2. The number of urea groups is 1. The van der Waals surface area contributed by atoms with E-state index in [9.17, 15) is 4.79 Å². The fraction of sp³-hybridized carbons (Fsp3) is 0.406. The quantitative estimate of drug-likeness (QED) is 0.297. The Hall–Kier alpha value is -2.28. The molecule has 0 radical (unpaired) electrons. The van der Waals surface area contributed by atoms with Crippen molar-refractivity contribution in [3.05, 3.63) is 80.8 Å². The molecule has 6 rings (SSSR count). The number of nitrogens with one attached hydrogen (secondary N) is 1. The van der Waals surface area contributed by atoms with Gasteiger partial charge in [0.05, 0.1) is 21.4 Å². The topological polar surface area (TPSA) is 38.8 Å². The van der Waals surface area contributed by atoms with Crippen LogP contribution in [0.3, 0.4) is 0 Å². The highest BCUT2D eigenvalue weighted by Gasteiger charge is 2.32. The predicted molar refractivity (Wildman–Crippen MR) is 166 cm³/mol. The number of rotatable bonds is 7. The number of hydrogen-bond acceptors (Lipinski definition) is 3. The van der Waals surface area contributed by atoms with Crippen molar-refractivity contribution in [2.75, 3.05) is 37.6 Å². The Balaban J connectivity index is 1.30. The first-order valence-corrected chi connectivity index (χ1v) is 15.5. The Labute approximate surface area is 252 Å². The van der Waals surface area contributed by atoms with Crippen LogP contribution in [0.15, 0.2) is 54.6 Å². The maximum atomic E-state index is 13.3. The zero-order chi connectivity index (χ0) is 27.6. The average molecular weight is 598 g/mol. The van der Waals surface area contributed by atoms with Crippen LogP contribution in [-0.4, -0.2) is 48.6 Å². The van der Waals surface area contributed by atoms with Crippen molar-refractivity contribution in [3.8, 4) is 11.1 Å². The van der Waals surface area contributed by atoms with Gasteiger partial charge in [-0.05, 0) is 112 Å². The van der Waals surface area contributed by atoms with Gasteiger partial charge in [0.15, 0.2) is 0 Å². The monoisotopic (exact) mass is 596 g/mol. The molecular weight excluding hydrogens is 563 g/mol. The number of nitrogens with zero attached hydrogens (tertiary/aromatic N) is 3. The minimum Gasteiger partial charge on any atom is -0.333 e. The first-order valence-electron chi connectivity index (χ1n) is 14.4. The lowest BCUT2D eigenvalue weighted by atomic mass is 9.91. The summed E-state index contributed by atoms with van der Waals surface area (Å²) >= 11 is 19.9. The van der Waals surface area contributed by atoms with E-state index in [4.69, 9.17) is 34.8 Å². The van der Waals surface area contributed by atoms with Crippen LogP contribution in [0, 0.1) is 5.92 Å². The molecule has 2 fully saturated rings. The van der Waals surface area contributed by atoms with Gasteiger partial charge >= 0.3 is 6.03 Å². The van der Waals surface area contributed by atoms with Crippen LogP contribution in [-0.2, 0) is 13.1 Å². The maximum absolute atomic E-state index is 13.3. The van der Waals surface area contributed by atoms with E-state index in [1.807, 2.05) is 24.3 Å². The maximum Gasteiger partial charge on any atom is 0.326 e. The van der Waals surface area contributed by atoms with Crippen LogP contribution >= 0.6 is 34.8 Å². The van der Waals surface area contributed by atoms with Crippen molar-refractivity contribution in [2.24, 2.45) is 5.92 Å². The van der Waals surface area contributed by atoms with Crippen LogP contribution in [0.25, 0.3) is 11.1 Å². The number of para-hydroxylation sites is 1. The third-order valence-corrected chi connectivity index (χ3v) is 9.58. The molecule has 5 nitrogen and oxygen atoms in total. The lowest BCUT2D eigenvalue weighted by molar-refractivity contribution is 0.162. The Morgan fingerprint density at radius 3 is 2.23 bits per heavy atom. The third-order valence-electron chi connectivity index (χ3n) is 8.64. The minimum absolute atomic E-state index is 0.247.